The molecular weight excluding hydrogens is 457 g/mol. The average molecular weight is 498 g/mol. The van der Waals surface area contributed by atoms with Crippen molar-refractivity contribution in [2.45, 2.75) is 64.6 Å². The molecule has 0 bridgehead atoms. The number of aryl methyl sites for hydroxylation is 1. The molecule has 6 nitrogen and oxygen atoms in total. The molecule has 4 rings (SSSR count). The van der Waals surface area contributed by atoms with Crippen LogP contribution in [0.25, 0.3) is 0 Å². The van der Waals surface area contributed by atoms with E-state index in [0.29, 0.717) is 17.4 Å². The van der Waals surface area contributed by atoms with E-state index in [1.165, 1.54) is 17.2 Å². The number of benzene rings is 2. The SMILES string of the molecule is Cc1cc(N(C)C(=O)[C@H]2CC[C@H](Oc3ccc(F)c(CCO)c3)CC2)ccc1CN1CCN[C@@H](C)C1. The quantitative estimate of drug-likeness (QED) is 0.576. The van der Waals surface area contributed by atoms with Crippen LogP contribution in [-0.4, -0.2) is 61.3 Å². The van der Waals surface area contributed by atoms with Crippen molar-refractivity contribution in [2.24, 2.45) is 5.92 Å². The Morgan fingerprint density at radius 2 is 1.94 bits per heavy atom. The Balaban J connectivity index is 1.30. The van der Waals surface area contributed by atoms with Gasteiger partial charge in [0.2, 0.25) is 5.91 Å². The first kappa shape index (κ1) is 26.6. The van der Waals surface area contributed by atoms with E-state index in [1.54, 1.807) is 17.0 Å². The Morgan fingerprint density at radius 1 is 1.17 bits per heavy atom. The zero-order chi connectivity index (χ0) is 25.7. The lowest BCUT2D eigenvalue weighted by atomic mass is 9.86. The molecule has 2 aromatic rings. The second-order valence-electron chi connectivity index (χ2n) is 10.4. The van der Waals surface area contributed by atoms with Crippen molar-refractivity contribution in [2.75, 3.05) is 38.2 Å². The predicted molar refractivity (Wildman–Crippen MR) is 141 cm³/mol. The summed E-state index contributed by atoms with van der Waals surface area (Å²) >= 11 is 0. The topological polar surface area (TPSA) is 65.0 Å². The highest BCUT2D eigenvalue weighted by Gasteiger charge is 2.30. The van der Waals surface area contributed by atoms with Crippen LogP contribution in [-0.2, 0) is 17.8 Å². The van der Waals surface area contributed by atoms with Gasteiger partial charge < -0.3 is 20.1 Å². The third-order valence-corrected chi connectivity index (χ3v) is 7.62. The van der Waals surface area contributed by atoms with Crippen molar-refractivity contribution >= 4 is 11.6 Å². The number of piperazine rings is 1. The molecule has 2 aliphatic rings. The summed E-state index contributed by atoms with van der Waals surface area (Å²) < 4.78 is 19.9. The summed E-state index contributed by atoms with van der Waals surface area (Å²) in [5.74, 6) is 0.437. The molecular formula is C29H40FN3O3. The summed E-state index contributed by atoms with van der Waals surface area (Å²) in [4.78, 5) is 17.6. The zero-order valence-corrected chi connectivity index (χ0v) is 21.8. The number of aliphatic hydroxyl groups is 1. The summed E-state index contributed by atoms with van der Waals surface area (Å²) in [7, 11) is 1.87. The van der Waals surface area contributed by atoms with Crippen LogP contribution in [0, 0.1) is 18.7 Å². The third-order valence-electron chi connectivity index (χ3n) is 7.62. The minimum atomic E-state index is -0.324. The van der Waals surface area contributed by atoms with Gasteiger partial charge in [-0.2, -0.15) is 0 Å². The van der Waals surface area contributed by atoms with Gasteiger partial charge in [0.15, 0.2) is 0 Å². The molecule has 0 spiro atoms. The molecule has 1 amide bonds. The monoisotopic (exact) mass is 497 g/mol. The lowest BCUT2D eigenvalue weighted by Gasteiger charge is -2.32. The van der Waals surface area contributed by atoms with Gasteiger partial charge in [-0.1, -0.05) is 6.07 Å². The second-order valence-corrected chi connectivity index (χ2v) is 10.4. The van der Waals surface area contributed by atoms with Gasteiger partial charge in [0.05, 0.1) is 6.10 Å². The summed E-state index contributed by atoms with van der Waals surface area (Å²) in [6, 6.07) is 11.6. The summed E-state index contributed by atoms with van der Waals surface area (Å²) in [5.41, 5.74) is 3.94. The first-order chi connectivity index (χ1) is 17.3. The molecule has 2 N–H and O–H groups in total. The van der Waals surface area contributed by atoms with Crippen LogP contribution >= 0.6 is 0 Å². The van der Waals surface area contributed by atoms with Gasteiger partial charge in [0, 0.05) is 57.5 Å². The van der Waals surface area contributed by atoms with Gasteiger partial charge in [-0.05, 0) is 93.0 Å². The second kappa shape index (κ2) is 12.2. The van der Waals surface area contributed by atoms with Gasteiger partial charge in [-0.3, -0.25) is 9.69 Å². The molecule has 196 valence electrons. The van der Waals surface area contributed by atoms with Gasteiger partial charge in [-0.15, -0.1) is 0 Å². The number of hydrogen-bond acceptors (Lipinski definition) is 5. The van der Waals surface area contributed by atoms with Crippen molar-refractivity contribution in [3.8, 4) is 5.75 Å². The van der Waals surface area contributed by atoms with Gasteiger partial charge in [-0.25, -0.2) is 4.39 Å². The van der Waals surface area contributed by atoms with Crippen LogP contribution < -0.4 is 15.0 Å². The lowest BCUT2D eigenvalue weighted by Crippen LogP contribution is -2.48. The number of nitrogens with zero attached hydrogens (tertiary/aromatic N) is 2. The molecule has 1 aliphatic carbocycles. The molecule has 2 fully saturated rings. The maximum absolute atomic E-state index is 13.8. The summed E-state index contributed by atoms with van der Waals surface area (Å²) in [5, 5.41) is 12.6. The van der Waals surface area contributed by atoms with Gasteiger partial charge in [0.1, 0.15) is 11.6 Å². The fraction of sp³-hybridized carbons (Fsp3) is 0.552. The Bertz CT molecular complexity index is 1040. The first-order valence-electron chi connectivity index (χ1n) is 13.2. The largest absolute Gasteiger partial charge is 0.490 e. The zero-order valence-electron chi connectivity index (χ0n) is 21.8. The number of hydrogen-bond donors (Lipinski definition) is 2. The molecule has 1 saturated carbocycles. The molecule has 0 aromatic heterocycles. The number of anilines is 1. The summed E-state index contributed by atoms with van der Waals surface area (Å²) in [6.45, 7) is 8.33. The smallest absolute Gasteiger partial charge is 0.229 e. The Kier molecular flexibility index (Phi) is 8.99. The van der Waals surface area contributed by atoms with Crippen LogP contribution in [0.2, 0.25) is 0 Å². The Labute approximate surface area is 214 Å². The molecule has 0 unspecified atom stereocenters. The van der Waals surface area contributed by atoms with Gasteiger partial charge >= 0.3 is 0 Å². The van der Waals surface area contributed by atoms with E-state index in [9.17, 15) is 9.18 Å². The van der Waals surface area contributed by atoms with Crippen LogP contribution in [0.15, 0.2) is 36.4 Å². The number of aliphatic hydroxyl groups excluding tert-OH is 1. The molecule has 7 heteroatoms. The van der Waals surface area contributed by atoms with Crippen molar-refractivity contribution in [3.05, 3.63) is 58.9 Å². The first-order valence-corrected chi connectivity index (χ1v) is 13.2. The molecule has 1 aliphatic heterocycles. The summed E-state index contributed by atoms with van der Waals surface area (Å²) in [6.07, 6.45) is 3.41. The van der Waals surface area contributed by atoms with Crippen molar-refractivity contribution in [1.82, 2.24) is 10.2 Å². The van der Waals surface area contributed by atoms with Crippen molar-refractivity contribution in [3.63, 3.8) is 0 Å². The van der Waals surface area contributed by atoms with Crippen LogP contribution in [0.4, 0.5) is 10.1 Å². The number of halogens is 1. The van der Waals surface area contributed by atoms with Crippen LogP contribution in [0.3, 0.4) is 0 Å². The normalized spacial score (nSPS) is 22.9. The minimum absolute atomic E-state index is 0.0148. The average Bonchev–Trinajstić information content (AvgIpc) is 2.87. The predicted octanol–water partition coefficient (Wildman–Crippen LogP) is 4.06. The van der Waals surface area contributed by atoms with E-state index >= 15 is 0 Å². The molecule has 0 radical (unpaired) electrons. The van der Waals surface area contributed by atoms with E-state index in [0.717, 1.165) is 57.5 Å². The molecule has 2 aromatic carbocycles. The lowest BCUT2D eigenvalue weighted by molar-refractivity contribution is -0.123. The fourth-order valence-corrected chi connectivity index (χ4v) is 5.42. The van der Waals surface area contributed by atoms with Crippen molar-refractivity contribution < 1.29 is 19.0 Å². The number of carbonyl (C=O) groups is 1. The highest BCUT2D eigenvalue weighted by atomic mass is 19.1. The maximum atomic E-state index is 13.8. The van der Waals surface area contributed by atoms with E-state index < -0.39 is 0 Å². The van der Waals surface area contributed by atoms with E-state index in [4.69, 9.17) is 9.84 Å². The number of rotatable bonds is 8. The molecule has 1 atom stereocenters. The molecule has 1 saturated heterocycles. The van der Waals surface area contributed by atoms with Crippen molar-refractivity contribution in [1.29, 1.82) is 0 Å². The molecule has 36 heavy (non-hydrogen) atoms. The fourth-order valence-electron chi connectivity index (χ4n) is 5.42. The van der Waals surface area contributed by atoms with E-state index in [2.05, 4.69) is 42.3 Å². The van der Waals surface area contributed by atoms with Crippen LogP contribution in [0.5, 0.6) is 5.75 Å². The van der Waals surface area contributed by atoms with Gasteiger partial charge in [0.25, 0.3) is 0 Å². The Morgan fingerprint density at radius 3 is 2.64 bits per heavy atom. The Hall–Kier alpha value is -2.48. The highest BCUT2D eigenvalue weighted by Crippen LogP contribution is 2.31. The van der Waals surface area contributed by atoms with E-state index in [-0.39, 0.29) is 36.8 Å². The number of nitrogens with one attached hydrogen (secondary N) is 1. The number of ether oxygens (including phenoxy) is 1. The minimum Gasteiger partial charge on any atom is -0.490 e. The number of amides is 1. The maximum Gasteiger partial charge on any atom is 0.229 e. The molecule has 1 heterocycles. The highest BCUT2D eigenvalue weighted by molar-refractivity contribution is 5.94. The number of carbonyl (C=O) groups excluding carboxylic acids is 1. The standard InChI is InChI=1S/C29H40FN3O3/c1-20-16-25(7-4-24(20)19-33-14-13-31-21(2)18-33)32(3)29(35)22-5-8-26(9-6-22)36-27-10-11-28(30)23(17-27)12-15-34/h4,7,10-11,16-17,21-22,26,31,34H,5-6,8-9,12-15,18-19H2,1-3H3/t21-,22-,26-/m0/s1. The van der Waals surface area contributed by atoms with E-state index in [1.807, 2.05) is 7.05 Å². The third kappa shape index (κ3) is 6.64. The van der Waals surface area contributed by atoms with Crippen LogP contribution in [0.1, 0.15) is 49.3 Å².